The highest BCUT2D eigenvalue weighted by molar-refractivity contribution is 6.71. The molecule has 0 N–H and O–H groups in total. The van der Waals surface area contributed by atoms with Crippen LogP contribution in [0.25, 0.3) is 83.9 Å². The highest BCUT2D eigenvalue weighted by Gasteiger charge is 2.52. The van der Waals surface area contributed by atoms with Crippen molar-refractivity contribution in [3.05, 3.63) is 131 Å². The minimum Gasteiger partial charge on any atom is -0.277 e. The Bertz CT molecular complexity index is 3900. The molecule has 0 saturated carbocycles. The average molecular weight is 850 g/mol. The Hall–Kier alpha value is -6.52. The van der Waals surface area contributed by atoms with Gasteiger partial charge < -0.3 is 0 Å². The van der Waals surface area contributed by atoms with Crippen molar-refractivity contribution in [1.29, 1.82) is 0 Å². The van der Waals surface area contributed by atoms with Gasteiger partial charge in [-0.05, 0) is 56.1 Å². The van der Waals surface area contributed by atoms with Crippen LogP contribution in [0.1, 0.15) is 22.3 Å². The van der Waals surface area contributed by atoms with E-state index in [2.05, 4.69) is 91.0 Å². The van der Waals surface area contributed by atoms with Gasteiger partial charge in [-0.1, -0.05) is 147 Å². The lowest BCUT2D eigenvalue weighted by atomic mass is 9.56. The zero-order valence-corrected chi connectivity index (χ0v) is 37.3. The summed E-state index contributed by atoms with van der Waals surface area (Å²) in [5, 5.41) is 1.85. The molecule has 0 bridgehead atoms. The number of hydrogen-bond acceptors (Lipinski definition) is 3. The van der Waals surface area contributed by atoms with Crippen molar-refractivity contribution in [2.45, 2.75) is 5.41 Å². The molecule has 0 saturated heterocycles. The van der Waals surface area contributed by atoms with Gasteiger partial charge in [0, 0.05) is 27.5 Å². The molecule has 1 spiro atoms. The summed E-state index contributed by atoms with van der Waals surface area (Å²) < 4.78 is 1.99. The van der Waals surface area contributed by atoms with Crippen LogP contribution in [0.3, 0.4) is 0 Å². The summed E-state index contributed by atoms with van der Waals surface area (Å²) in [7, 11) is 92.4. The maximum absolute atomic E-state index is 7.02. The molecule has 2 aliphatic carbocycles. The molecule has 8 aromatic carbocycles. The molecular formula is C52H18B14N4. The van der Waals surface area contributed by atoms with Crippen LogP contribution in [0.5, 0.6) is 0 Å². The van der Waals surface area contributed by atoms with Crippen LogP contribution in [-0.2, 0) is 5.41 Å². The third-order valence-corrected chi connectivity index (χ3v) is 14.4. The van der Waals surface area contributed by atoms with Crippen LogP contribution in [0.15, 0.2) is 109 Å². The van der Waals surface area contributed by atoms with Crippen LogP contribution >= 0.6 is 0 Å². The third kappa shape index (κ3) is 5.71. The summed E-state index contributed by atoms with van der Waals surface area (Å²) in [6.45, 7) is 0. The van der Waals surface area contributed by atoms with Crippen molar-refractivity contribution in [3.63, 3.8) is 0 Å². The molecule has 4 nitrogen and oxygen atoms in total. The second-order valence-electron chi connectivity index (χ2n) is 17.7. The van der Waals surface area contributed by atoms with Gasteiger partial charge in [-0.3, -0.25) is 4.57 Å². The highest BCUT2D eigenvalue weighted by atomic mass is 15.2. The Labute approximate surface area is 424 Å². The van der Waals surface area contributed by atoms with Crippen molar-refractivity contribution in [2.75, 3.05) is 0 Å². The van der Waals surface area contributed by atoms with Gasteiger partial charge in [-0.15, -0.1) is 32.8 Å². The quantitative estimate of drug-likeness (QED) is 0.168. The van der Waals surface area contributed by atoms with Gasteiger partial charge in [0.1, 0.15) is 110 Å². The highest BCUT2D eigenvalue weighted by Crippen LogP contribution is 2.64. The van der Waals surface area contributed by atoms with E-state index in [1.54, 1.807) is 0 Å². The average Bonchev–Trinajstić information content (AvgIpc) is 3.99. The molecule has 0 aliphatic heterocycles. The maximum atomic E-state index is 7.02. The minimum atomic E-state index is -0.668. The summed E-state index contributed by atoms with van der Waals surface area (Å²) in [6, 6.07) is 38.1. The molecule has 18 heteroatoms. The first-order valence-corrected chi connectivity index (χ1v) is 22.0. The van der Waals surface area contributed by atoms with Gasteiger partial charge in [0.05, 0.1) is 16.4 Å². The van der Waals surface area contributed by atoms with Crippen LogP contribution < -0.4 is 76.5 Å². The van der Waals surface area contributed by atoms with Gasteiger partial charge in [0.25, 0.3) is 0 Å². The normalized spacial score (nSPS) is 12.9. The maximum Gasteiger partial charge on any atom is 0.238 e. The fraction of sp³-hybridized carbons (Fsp3) is 0.0192. The topological polar surface area (TPSA) is 43.6 Å². The Morgan fingerprint density at radius 2 is 0.671 bits per heavy atom. The molecule has 0 fully saturated rings. The van der Waals surface area contributed by atoms with Gasteiger partial charge in [0.2, 0.25) is 5.95 Å². The summed E-state index contributed by atoms with van der Waals surface area (Å²) in [5.74, 6) is -0.000326. The van der Waals surface area contributed by atoms with Gasteiger partial charge >= 0.3 is 0 Å². The number of aromatic nitrogens is 4. The van der Waals surface area contributed by atoms with Crippen molar-refractivity contribution < 1.29 is 0 Å². The molecule has 70 heavy (non-hydrogen) atoms. The summed E-state index contributed by atoms with van der Waals surface area (Å²) in [6.07, 6.45) is 0. The molecule has 0 amide bonds. The van der Waals surface area contributed by atoms with Crippen molar-refractivity contribution in [3.8, 4) is 62.1 Å². The molecule has 28 radical (unpaired) electrons. The Morgan fingerprint density at radius 1 is 0.300 bits per heavy atom. The van der Waals surface area contributed by atoms with E-state index in [0.717, 1.165) is 44.1 Å². The van der Waals surface area contributed by atoms with Gasteiger partial charge in [0.15, 0.2) is 11.6 Å². The number of fused-ring (bicyclic) bond motifs is 14. The van der Waals surface area contributed by atoms with E-state index in [4.69, 9.17) is 125 Å². The number of nitrogens with zero attached hydrogens (tertiary/aromatic N) is 4. The summed E-state index contributed by atoms with van der Waals surface area (Å²) >= 11 is 0. The molecule has 288 valence electrons. The van der Waals surface area contributed by atoms with E-state index in [-0.39, 0.29) is 116 Å². The van der Waals surface area contributed by atoms with Gasteiger partial charge in [-0.2, -0.15) is 9.97 Å². The van der Waals surface area contributed by atoms with Crippen molar-refractivity contribution >= 4 is 208 Å². The van der Waals surface area contributed by atoms with Crippen LogP contribution in [0, 0.1) is 0 Å². The molecule has 2 aliphatic rings. The Morgan fingerprint density at radius 3 is 1.17 bits per heavy atom. The first-order valence-electron chi connectivity index (χ1n) is 22.0. The lowest BCUT2D eigenvalue weighted by Gasteiger charge is -2.30. The van der Waals surface area contributed by atoms with Gasteiger partial charge in [-0.25, -0.2) is 4.98 Å². The molecular weight excluding hydrogens is 832 g/mol. The minimum absolute atomic E-state index is 0.000908. The lowest BCUT2D eigenvalue weighted by Crippen LogP contribution is -2.57. The van der Waals surface area contributed by atoms with Crippen molar-refractivity contribution in [1.82, 2.24) is 19.5 Å². The predicted molar refractivity (Wildman–Crippen MR) is 302 cm³/mol. The second-order valence-corrected chi connectivity index (χ2v) is 17.7. The third-order valence-electron chi connectivity index (χ3n) is 14.4. The SMILES string of the molecule is [B]c1c([B])c([B])c(-c2nc(-c3c([B])c([B])c(-c4c([B])c([B])c([B])c([B])c4[B])c([B])c3[B])nc(-n3c4ccccc4c4ccc5c(c43)-c3ccccc3C53c4ccccc4-c4ccccc43)n2)c([B])c1[B]. The van der Waals surface area contributed by atoms with Crippen LogP contribution in [0.2, 0.25) is 0 Å². The van der Waals surface area contributed by atoms with E-state index in [1.165, 1.54) is 22.3 Å². The lowest BCUT2D eigenvalue weighted by molar-refractivity contribution is 0.794. The predicted octanol–water partition coefficient (Wildman–Crippen LogP) is -4.57. The standard InChI is InChI=1S/C52H18B14N4/c53-34-30(31-36(55)42(61)46(65)43(62)37(31)56)35(54)39(58)32(38(34)57)49-67-50(33-40(59)44(63)47(66)45(64)41(33)60)69-51(68-49)70-28-16-8-4-11-21(28)22-17-18-27-29(48(22)70)23-12-3-7-15-26(23)52(27)24-13-5-1-9-19(24)20-10-2-6-14-25(20)52/h1-18H. The first kappa shape index (κ1) is 44.7. The first-order chi connectivity index (χ1) is 33.6. The van der Waals surface area contributed by atoms with E-state index in [0.29, 0.717) is 0 Å². The number of benzene rings is 8. The Balaban J connectivity index is 1.22. The Kier molecular flexibility index (Phi) is 10.0. The second kappa shape index (κ2) is 15.7. The zero-order chi connectivity index (χ0) is 49.0. The zero-order valence-electron chi connectivity index (χ0n) is 37.3. The number of rotatable bonds is 4. The molecule has 0 unspecified atom stereocenters. The fourth-order valence-electron chi connectivity index (χ4n) is 11.1. The van der Waals surface area contributed by atoms with Crippen LogP contribution in [-0.4, -0.2) is 129 Å². The smallest absolute Gasteiger partial charge is 0.238 e. The number of para-hydroxylation sites is 1. The van der Waals surface area contributed by atoms with E-state index >= 15 is 0 Å². The molecule has 0 atom stereocenters. The number of hydrogen-bond donors (Lipinski definition) is 0. The van der Waals surface area contributed by atoms with E-state index in [9.17, 15) is 0 Å². The molecule has 12 rings (SSSR count). The fourth-order valence-corrected chi connectivity index (χ4v) is 11.1. The van der Waals surface area contributed by atoms with Crippen molar-refractivity contribution in [2.24, 2.45) is 0 Å². The van der Waals surface area contributed by atoms with E-state index < -0.39 is 5.41 Å². The largest absolute Gasteiger partial charge is 0.277 e. The monoisotopic (exact) mass is 852 g/mol. The molecule has 2 aromatic heterocycles. The van der Waals surface area contributed by atoms with Crippen LogP contribution in [0.4, 0.5) is 0 Å². The molecule has 10 aromatic rings. The van der Waals surface area contributed by atoms with E-state index in [1.807, 2.05) is 22.8 Å². The summed E-state index contributed by atoms with van der Waals surface area (Å²) in [5.41, 5.74) is 9.56. The summed E-state index contributed by atoms with van der Waals surface area (Å²) in [4.78, 5) is 15.3. The molecule has 2 heterocycles.